The molecule has 7 heteroatoms. The molecule has 0 fully saturated rings. The van der Waals surface area contributed by atoms with Crippen LogP contribution in [-0.2, 0) is 22.2 Å². The minimum atomic E-state index is -1.53. The smallest absolute Gasteiger partial charge is 0.356 e. The Kier molecular flexibility index (Phi) is 5.97. The molecule has 1 atom stereocenters. The molecule has 1 unspecified atom stereocenters. The van der Waals surface area contributed by atoms with Crippen LogP contribution in [0.4, 0.5) is 4.39 Å². The molecule has 0 saturated heterocycles. The first kappa shape index (κ1) is 24.1. The summed E-state index contributed by atoms with van der Waals surface area (Å²) in [5.41, 5.74) is 7.56. The Morgan fingerprint density at radius 3 is 2.14 bits per heavy atom. The number of carboxylic acids is 1. The maximum atomic E-state index is 13.9. The number of amides is 1. The zero-order valence-electron chi connectivity index (χ0n) is 20.2. The number of halogens is 1. The van der Waals surface area contributed by atoms with Gasteiger partial charge < -0.3 is 15.4 Å². The van der Waals surface area contributed by atoms with Crippen molar-refractivity contribution in [3.8, 4) is 0 Å². The Morgan fingerprint density at radius 2 is 1.60 bits per heavy atom. The third kappa shape index (κ3) is 4.30. The fraction of sp³-hybridized carbons (Fsp3) is 0.250. The van der Waals surface area contributed by atoms with Crippen molar-refractivity contribution >= 4 is 22.8 Å². The van der Waals surface area contributed by atoms with E-state index in [0.717, 1.165) is 11.1 Å². The zero-order valence-corrected chi connectivity index (χ0v) is 20.2. The van der Waals surface area contributed by atoms with E-state index in [1.54, 1.807) is 29.8 Å². The second-order valence-corrected chi connectivity index (χ2v) is 9.90. The Labute approximate surface area is 203 Å². The quantitative estimate of drug-likeness (QED) is 0.414. The van der Waals surface area contributed by atoms with Crippen LogP contribution in [-0.4, -0.2) is 26.5 Å². The highest BCUT2D eigenvalue weighted by molar-refractivity contribution is 6.02. The number of nitrogens with zero attached hydrogens (tertiary/aromatic N) is 2. The van der Waals surface area contributed by atoms with E-state index in [2.05, 4.69) is 25.8 Å². The van der Waals surface area contributed by atoms with Gasteiger partial charge in [-0.2, -0.15) is 0 Å². The lowest BCUT2D eigenvalue weighted by Gasteiger charge is -2.34. The van der Waals surface area contributed by atoms with Crippen molar-refractivity contribution in [1.29, 1.82) is 0 Å². The van der Waals surface area contributed by atoms with E-state index in [1.165, 1.54) is 24.3 Å². The van der Waals surface area contributed by atoms with Crippen LogP contribution in [0.3, 0.4) is 0 Å². The van der Waals surface area contributed by atoms with Crippen molar-refractivity contribution < 1.29 is 19.1 Å². The van der Waals surface area contributed by atoms with E-state index in [0.29, 0.717) is 16.6 Å². The molecule has 2 aromatic carbocycles. The topological polar surface area (TPSA) is 98.2 Å². The summed E-state index contributed by atoms with van der Waals surface area (Å²) in [6, 6.07) is 16.9. The molecular weight excluding hydrogens is 445 g/mol. The first-order valence-corrected chi connectivity index (χ1v) is 11.3. The van der Waals surface area contributed by atoms with E-state index < -0.39 is 23.2 Å². The summed E-state index contributed by atoms with van der Waals surface area (Å²) in [5.74, 6) is -2.37. The van der Waals surface area contributed by atoms with Gasteiger partial charge in [-0.1, -0.05) is 57.2 Å². The molecule has 4 aromatic rings. The van der Waals surface area contributed by atoms with Gasteiger partial charge in [0.2, 0.25) is 5.91 Å². The molecular formula is C28H28FN3O3. The van der Waals surface area contributed by atoms with Crippen molar-refractivity contribution in [1.82, 2.24) is 9.55 Å². The van der Waals surface area contributed by atoms with Crippen molar-refractivity contribution in [2.45, 2.75) is 45.1 Å². The SMILES string of the molecule is Cc1cc2ccn(C(Cc3ccc(C(C)(C)C)cc3)(C(N)=O)c3ccc(F)cc3)c2c(C(=O)O)n1. The highest BCUT2D eigenvalue weighted by Crippen LogP contribution is 2.36. The average Bonchev–Trinajstić information content (AvgIpc) is 3.21. The number of rotatable bonds is 6. The number of aromatic nitrogens is 2. The third-order valence-electron chi connectivity index (χ3n) is 6.42. The van der Waals surface area contributed by atoms with Gasteiger partial charge in [-0.15, -0.1) is 0 Å². The number of nitrogens with two attached hydrogens (primary N) is 1. The Morgan fingerprint density at radius 1 is 1.00 bits per heavy atom. The number of hydrogen-bond acceptors (Lipinski definition) is 3. The molecule has 35 heavy (non-hydrogen) atoms. The number of aryl methyl sites for hydroxylation is 1. The summed E-state index contributed by atoms with van der Waals surface area (Å²) >= 11 is 0. The van der Waals surface area contributed by atoms with E-state index in [-0.39, 0.29) is 23.0 Å². The van der Waals surface area contributed by atoms with E-state index in [4.69, 9.17) is 5.73 Å². The van der Waals surface area contributed by atoms with Crippen molar-refractivity contribution in [2.75, 3.05) is 0 Å². The predicted octanol–water partition coefficient (Wildman–Crippen LogP) is 4.95. The van der Waals surface area contributed by atoms with Gasteiger partial charge >= 0.3 is 5.97 Å². The molecule has 0 aliphatic heterocycles. The Hall–Kier alpha value is -4.00. The Bertz CT molecular complexity index is 1420. The fourth-order valence-corrected chi connectivity index (χ4v) is 4.59. The number of benzene rings is 2. The second kappa shape index (κ2) is 8.65. The summed E-state index contributed by atoms with van der Waals surface area (Å²) in [4.78, 5) is 29.7. The second-order valence-electron chi connectivity index (χ2n) is 9.90. The van der Waals surface area contributed by atoms with Crippen molar-refractivity contribution in [3.63, 3.8) is 0 Å². The fourth-order valence-electron chi connectivity index (χ4n) is 4.59. The number of carbonyl (C=O) groups is 2. The van der Waals surface area contributed by atoms with E-state index in [9.17, 15) is 19.1 Å². The number of fused-ring (bicyclic) bond motifs is 1. The minimum Gasteiger partial charge on any atom is -0.476 e. The number of hydrogen-bond donors (Lipinski definition) is 2. The first-order valence-electron chi connectivity index (χ1n) is 11.3. The molecule has 2 aromatic heterocycles. The van der Waals surface area contributed by atoms with Crippen LogP contribution >= 0.6 is 0 Å². The molecule has 0 spiro atoms. The maximum Gasteiger partial charge on any atom is 0.356 e. The number of aromatic carboxylic acids is 1. The van der Waals surface area contributed by atoms with Gasteiger partial charge in [-0.3, -0.25) is 4.79 Å². The number of carbonyl (C=O) groups excluding carboxylic acids is 1. The van der Waals surface area contributed by atoms with Crippen LogP contribution in [0.2, 0.25) is 0 Å². The van der Waals surface area contributed by atoms with Crippen LogP contribution < -0.4 is 5.73 Å². The highest BCUT2D eigenvalue weighted by atomic mass is 19.1. The minimum absolute atomic E-state index is 0.0488. The molecule has 180 valence electrons. The molecule has 0 bridgehead atoms. The van der Waals surface area contributed by atoms with Gasteiger partial charge in [0, 0.05) is 23.7 Å². The summed E-state index contributed by atoms with van der Waals surface area (Å²) in [7, 11) is 0. The van der Waals surface area contributed by atoms with Gasteiger partial charge in [0.1, 0.15) is 5.82 Å². The monoisotopic (exact) mass is 473 g/mol. The molecule has 0 saturated carbocycles. The lowest BCUT2D eigenvalue weighted by Crippen LogP contribution is -2.49. The predicted molar refractivity (Wildman–Crippen MR) is 133 cm³/mol. The number of pyridine rings is 1. The van der Waals surface area contributed by atoms with Gasteiger partial charge in [0.25, 0.3) is 0 Å². The molecule has 4 rings (SSSR count). The van der Waals surface area contributed by atoms with Crippen LogP contribution in [0, 0.1) is 12.7 Å². The molecule has 6 nitrogen and oxygen atoms in total. The molecule has 0 aliphatic rings. The van der Waals surface area contributed by atoms with Crippen molar-refractivity contribution in [2.24, 2.45) is 5.73 Å². The molecule has 0 radical (unpaired) electrons. The average molecular weight is 474 g/mol. The van der Waals surface area contributed by atoms with Crippen LogP contribution in [0.15, 0.2) is 66.9 Å². The lowest BCUT2D eigenvalue weighted by atomic mass is 9.81. The number of carboxylic acid groups (broad SMARTS) is 1. The van der Waals surface area contributed by atoms with Gasteiger partial charge in [0.05, 0.1) is 5.52 Å². The number of primary amides is 1. The Balaban J connectivity index is 2.01. The summed E-state index contributed by atoms with van der Waals surface area (Å²) in [6.07, 6.45) is 1.78. The highest BCUT2D eigenvalue weighted by Gasteiger charge is 2.42. The van der Waals surface area contributed by atoms with Gasteiger partial charge in [0.15, 0.2) is 11.2 Å². The molecule has 2 heterocycles. The normalized spacial score (nSPS) is 13.5. The van der Waals surface area contributed by atoms with Crippen LogP contribution in [0.5, 0.6) is 0 Å². The molecule has 3 N–H and O–H groups in total. The van der Waals surface area contributed by atoms with Crippen LogP contribution in [0.1, 0.15) is 53.6 Å². The molecule has 1 amide bonds. The third-order valence-corrected chi connectivity index (χ3v) is 6.42. The standard InChI is InChI=1S/C28H28FN3O3/c1-17-15-19-13-14-32(24(19)23(31-17)25(33)34)28(26(30)35,21-9-11-22(29)12-10-21)16-18-5-7-20(8-6-18)27(2,3)4/h5-15H,16H2,1-4H3,(H2,30,35)(H,33,34). The first-order chi connectivity index (χ1) is 16.4. The zero-order chi connectivity index (χ0) is 25.5. The maximum absolute atomic E-state index is 13.9. The lowest BCUT2D eigenvalue weighted by molar-refractivity contribution is -0.124. The summed E-state index contributed by atoms with van der Waals surface area (Å²) < 4.78 is 15.4. The summed E-state index contributed by atoms with van der Waals surface area (Å²) in [5, 5.41) is 10.5. The van der Waals surface area contributed by atoms with Gasteiger partial charge in [-0.25, -0.2) is 14.2 Å². The van der Waals surface area contributed by atoms with E-state index >= 15 is 0 Å². The largest absolute Gasteiger partial charge is 0.476 e. The van der Waals surface area contributed by atoms with E-state index in [1.807, 2.05) is 24.3 Å². The van der Waals surface area contributed by atoms with Crippen LogP contribution in [0.25, 0.3) is 10.9 Å². The van der Waals surface area contributed by atoms with Gasteiger partial charge in [-0.05, 0) is 53.3 Å². The molecule has 0 aliphatic carbocycles. The van der Waals surface area contributed by atoms with Crippen molar-refractivity contribution in [3.05, 3.63) is 101 Å². The summed E-state index contributed by atoms with van der Waals surface area (Å²) in [6.45, 7) is 8.05.